The zero-order valence-electron chi connectivity index (χ0n) is 12.0. The SMILES string of the molecule is Cc1cc(C)cc(C23SCCN2Cc2ccccc23)c1. The molecule has 0 spiro atoms. The molecule has 20 heavy (non-hydrogen) atoms. The molecular weight excluding hydrogens is 262 g/mol. The Kier molecular flexibility index (Phi) is 2.73. The van der Waals surface area contributed by atoms with Crippen molar-refractivity contribution in [2.75, 3.05) is 12.3 Å². The molecule has 102 valence electrons. The van der Waals surface area contributed by atoms with E-state index in [2.05, 4.69) is 73.0 Å². The number of fused-ring (bicyclic) bond motifs is 3. The van der Waals surface area contributed by atoms with Gasteiger partial charge in [0, 0.05) is 18.8 Å². The second kappa shape index (κ2) is 4.37. The van der Waals surface area contributed by atoms with Gasteiger partial charge in [-0.25, -0.2) is 0 Å². The normalized spacial score (nSPS) is 24.7. The van der Waals surface area contributed by atoms with Gasteiger partial charge in [0.1, 0.15) is 4.87 Å². The van der Waals surface area contributed by atoms with Crippen molar-refractivity contribution in [3.63, 3.8) is 0 Å². The van der Waals surface area contributed by atoms with E-state index in [9.17, 15) is 0 Å². The van der Waals surface area contributed by atoms with Crippen LogP contribution >= 0.6 is 11.8 Å². The summed E-state index contributed by atoms with van der Waals surface area (Å²) < 4.78 is 0. The first-order valence-electron chi connectivity index (χ1n) is 7.26. The maximum Gasteiger partial charge on any atom is 0.119 e. The highest BCUT2D eigenvalue weighted by Gasteiger charge is 2.50. The van der Waals surface area contributed by atoms with Gasteiger partial charge in [0.05, 0.1) is 0 Å². The molecule has 0 aliphatic carbocycles. The van der Waals surface area contributed by atoms with Gasteiger partial charge < -0.3 is 0 Å². The number of nitrogens with zero attached hydrogens (tertiary/aromatic N) is 1. The highest BCUT2D eigenvalue weighted by Crippen LogP contribution is 2.55. The molecule has 0 bridgehead atoms. The lowest BCUT2D eigenvalue weighted by molar-refractivity contribution is 0.249. The van der Waals surface area contributed by atoms with Crippen molar-refractivity contribution < 1.29 is 0 Å². The molecule has 0 N–H and O–H groups in total. The smallest absolute Gasteiger partial charge is 0.119 e. The molecule has 1 unspecified atom stereocenters. The van der Waals surface area contributed by atoms with Crippen LogP contribution in [0.15, 0.2) is 42.5 Å². The summed E-state index contributed by atoms with van der Waals surface area (Å²) in [5, 5.41) is 0. The standard InChI is InChI=1S/C18H19NS/c1-13-9-14(2)11-16(10-13)18-17-6-4-3-5-15(17)12-19(18)7-8-20-18/h3-6,9-11H,7-8,12H2,1-2H3. The Hall–Kier alpha value is -1.25. The molecule has 2 aliphatic heterocycles. The van der Waals surface area contributed by atoms with Gasteiger partial charge in [-0.2, -0.15) is 0 Å². The summed E-state index contributed by atoms with van der Waals surface area (Å²) in [7, 11) is 0. The third-order valence-electron chi connectivity index (χ3n) is 4.47. The summed E-state index contributed by atoms with van der Waals surface area (Å²) in [4.78, 5) is 2.71. The van der Waals surface area contributed by atoms with Crippen molar-refractivity contribution in [2.24, 2.45) is 0 Å². The van der Waals surface area contributed by atoms with Gasteiger partial charge in [-0.15, -0.1) is 11.8 Å². The van der Waals surface area contributed by atoms with Crippen molar-refractivity contribution in [1.82, 2.24) is 4.90 Å². The maximum absolute atomic E-state index is 2.65. The minimum atomic E-state index is 0.0629. The lowest BCUT2D eigenvalue weighted by Gasteiger charge is -2.33. The molecule has 4 rings (SSSR count). The van der Waals surface area contributed by atoms with Crippen LogP contribution in [0, 0.1) is 13.8 Å². The lowest BCUT2D eigenvalue weighted by Crippen LogP contribution is -2.34. The second-order valence-electron chi connectivity index (χ2n) is 5.95. The minimum Gasteiger partial charge on any atom is -0.276 e. The quantitative estimate of drug-likeness (QED) is 0.775. The Morgan fingerprint density at radius 1 is 1.05 bits per heavy atom. The molecule has 0 aromatic heterocycles. The van der Waals surface area contributed by atoms with Gasteiger partial charge in [0.2, 0.25) is 0 Å². The van der Waals surface area contributed by atoms with Crippen molar-refractivity contribution >= 4 is 11.8 Å². The van der Waals surface area contributed by atoms with Gasteiger partial charge in [-0.1, -0.05) is 53.6 Å². The van der Waals surface area contributed by atoms with E-state index in [4.69, 9.17) is 0 Å². The molecule has 0 amide bonds. The van der Waals surface area contributed by atoms with Gasteiger partial charge >= 0.3 is 0 Å². The van der Waals surface area contributed by atoms with Crippen molar-refractivity contribution in [3.05, 3.63) is 70.3 Å². The van der Waals surface area contributed by atoms with E-state index in [-0.39, 0.29) is 4.87 Å². The average Bonchev–Trinajstić information content (AvgIpc) is 2.94. The highest BCUT2D eigenvalue weighted by atomic mass is 32.2. The summed E-state index contributed by atoms with van der Waals surface area (Å²) in [5.74, 6) is 1.22. The molecule has 2 aromatic carbocycles. The van der Waals surface area contributed by atoms with Crippen LogP contribution < -0.4 is 0 Å². The predicted octanol–water partition coefficient (Wildman–Crippen LogP) is 4.07. The van der Waals surface area contributed by atoms with Crippen LogP contribution in [0.2, 0.25) is 0 Å². The molecule has 2 heterocycles. The van der Waals surface area contributed by atoms with Crippen LogP contribution in [0.1, 0.15) is 27.8 Å². The summed E-state index contributed by atoms with van der Waals surface area (Å²) >= 11 is 2.10. The molecule has 0 radical (unpaired) electrons. The Morgan fingerprint density at radius 2 is 1.80 bits per heavy atom. The van der Waals surface area contributed by atoms with Crippen LogP contribution in [0.25, 0.3) is 0 Å². The lowest BCUT2D eigenvalue weighted by atomic mass is 9.94. The number of thioether (sulfide) groups is 1. The van der Waals surface area contributed by atoms with Crippen LogP contribution in [0.3, 0.4) is 0 Å². The topological polar surface area (TPSA) is 3.24 Å². The van der Waals surface area contributed by atoms with Crippen LogP contribution in [0.4, 0.5) is 0 Å². The maximum atomic E-state index is 2.65. The molecule has 0 saturated carbocycles. The number of benzene rings is 2. The van der Waals surface area contributed by atoms with Crippen LogP contribution in [-0.4, -0.2) is 17.2 Å². The fourth-order valence-electron chi connectivity index (χ4n) is 3.78. The molecule has 1 nitrogen and oxygen atoms in total. The van der Waals surface area contributed by atoms with E-state index in [0.717, 1.165) is 6.54 Å². The first-order chi connectivity index (χ1) is 9.70. The number of hydrogen-bond acceptors (Lipinski definition) is 2. The molecular formula is C18H19NS. The third-order valence-corrected chi connectivity index (χ3v) is 5.99. The summed E-state index contributed by atoms with van der Waals surface area (Å²) in [6, 6.07) is 16.0. The zero-order chi connectivity index (χ0) is 13.7. The van der Waals surface area contributed by atoms with Gasteiger partial charge in [0.15, 0.2) is 0 Å². The number of aryl methyl sites for hydroxylation is 2. The summed E-state index contributed by atoms with van der Waals surface area (Å²) in [5.41, 5.74) is 7.20. The van der Waals surface area contributed by atoms with Crippen LogP contribution in [0.5, 0.6) is 0 Å². The Bertz CT molecular complexity index is 659. The predicted molar refractivity (Wildman–Crippen MR) is 86.0 cm³/mol. The molecule has 2 aliphatic rings. The Morgan fingerprint density at radius 3 is 2.60 bits per heavy atom. The zero-order valence-corrected chi connectivity index (χ0v) is 12.8. The van der Waals surface area contributed by atoms with Gasteiger partial charge in [0.25, 0.3) is 0 Å². The summed E-state index contributed by atoms with van der Waals surface area (Å²) in [6.45, 7) is 6.69. The third kappa shape index (κ3) is 1.61. The number of rotatable bonds is 1. The fourth-order valence-corrected chi connectivity index (χ4v) is 5.36. The van der Waals surface area contributed by atoms with Crippen molar-refractivity contribution in [2.45, 2.75) is 25.3 Å². The minimum absolute atomic E-state index is 0.0629. The van der Waals surface area contributed by atoms with E-state index < -0.39 is 0 Å². The molecule has 2 aromatic rings. The fraction of sp³-hybridized carbons (Fsp3) is 0.333. The number of hydrogen-bond donors (Lipinski definition) is 0. The van der Waals surface area contributed by atoms with Crippen molar-refractivity contribution in [1.29, 1.82) is 0 Å². The van der Waals surface area contributed by atoms with Gasteiger partial charge in [-0.3, -0.25) is 4.90 Å². The largest absolute Gasteiger partial charge is 0.276 e. The monoisotopic (exact) mass is 281 g/mol. The van der Waals surface area contributed by atoms with E-state index >= 15 is 0 Å². The second-order valence-corrected chi connectivity index (χ2v) is 7.24. The first-order valence-corrected chi connectivity index (χ1v) is 8.25. The van der Waals surface area contributed by atoms with E-state index in [1.807, 2.05) is 0 Å². The van der Waals surface area contributed by atoms with E-state index in [0.29, 0.717) is 0 Å². The highest BCUT2D eigenvalue weighted by molar-refractivity contribution is 8.00. The first kappa shape index (κ1) is 12.5. The molecule has 1 saturated heterocycles. The average molecular weight is 281 g/mol. The van der Waals surface area contributed by atoms with E-state index in [1.165, 1.54) is 40.1 Å². The molecule has 1 atom stereocenters. The Balaban J connectivity index is 1.97. The van der Waals surface area contributed by atoms with Crippen LogP contribution in [-0.2, 0) is 11.4 Å². The molecule has 1 fully saturated rings. The Labute approximate surface area is 125 Å². The molecule has 2 heteroatoms. The summed E-state index contributed by atoms with van der Waals surface area (Å²) in [6.07, 6.45) is 0. The van der Waals surface area contributed by atoms with Crippen molar-refractivity contribution in [3.8, 4) is 0 Å². The van der Waals surface area contributed by atoms with Gasteiger partial charge in [-0.05, 0) is 30.5 Å². The van der Waals surface area contributed by atoms with E-state index in [1.54, 1.807) is 0 Å².